The van der Waals surface area contributed by atoms with Crippen molar-refractivity contribution in [2.24, 2.45) is 0 Å². The molecule has 0 radical (unpaired) electrons. The van der Waals surface area contributed by atoms with E-state index in [2.05, 4.69) is 79.7 Å². The van der Waals surface area contributed by atoms with E-state index in [4.69, 9.17) is 0 Å². The molecule has 0 bridgehead atoms. The molecule has 0 saturated heterocycles. The second kappa shape index (κ2) is 4.93. The van der Waals surface area contributed by atoms with E-state index in [1.165, 1.54) is 22.4 Å². The summed E-state index contributed by atoms with van der Waals surface area (Å²) in [6, 6.07) is 17.6. The molecule has 0 N–H and O–H groups in total. The molecule has 0 saturated carbocycles. The summed E-state index contributed by atoms with van der Waals surface area (Å²) >= 11 is 0. The summed E-state index contributed by atoms with van der Waals surface area (Å²) < 4.78 is 0. The van der Waals surface area contributed by atoms with Gasteiger partial charge in [0.25, 0.3) is 0 Å². The third-order valence-corrected chi connectivity index (χ3v) is 3.81. The molecule has 0 aliphatic heterocycles. The van der Waals surface area contributed by atoms with Crippen LogP contribution in [0.3, 0.4) is 0 Å². The summed E-state index contributed by atoms with van der Waals surface area (Å²) in [5, 5.41) is 0. The molecule has 0 amide bonds. The lowest BCUT2D eigenvalue weighted by Crippen LogP contribution is -2.08. The van der Waals surface area contributed by atoms with E-state index >= 15 is 0 Å². The number of fused-ring (bicyclic) bond motifs is 1. The molecule has 2 aromatic rings. The molecule has 96 valence electrons. The number of hydrogen-bond acceptors (Lipinski definition) is 1. The van der Waals surface area contributed by atoms with Gasteiger partial charge in [-0.3, -0.25) is 0 Å². The maximum Gasteiger partial charge on any atom is 0.0361 e. The van der Waals surface area contributed by atoms with Crippen LogP contribution in [0, 0.1) is 0 Å². The minimum atomic E-state index is 0.529. The lowest BCUT2D eigenvalue weighted by atomic mass is 9.94. The highest BCUT2D eigenvalue weighted by molar-refractivity contribution is 5.62. The van der Waals surface area contributed by atoms with Crippen LogP contribution in [0.5, 0.6) is 0 Å². The van der Waals surface area contributed by atoms with Crippen LogP contribution < -0.4 is 4.90 Å². The summed E-state index contributed by atoms with van der Waals surface area (Å²) in [6.07, 6.45) is 5.65. The summed E-state index contributed by atoms with van der Waals surface area (Å²) in [4.78, 5) is 2.13. The summed E-state index contributed by atoms with van der Waals surface area (Å²) in [5.74, 6) is 0.529. The van der Waals surface area contributed by atoms with Crippen molar-refractivity contribution in [2.75, 3.05) is 19.0 Å². The predicted octanol–water partition coefficient (Wildman–Crippen LogP) is 4.11. The van der Waals surface area contributed by atoms with E-state index in [1.54, 1.807) is 0 Å². The van der Waals surface area contributed by atoms with Crippen LogP contribution in [-0.2, 0) is 6.42 Å². The van der Waals surface area contributed by atoms with Gasteiger partial charge in [0.15, 0.2) is 0 Å². The highest BCUT2D eigenvalue weighted by atomic mass is 15.1. The van der Waals surface area contributed by atoms with Crippen molar-refractivity contribution < 1.29 is 0 Å². The Morgan fingerprint density at radius 1 is 0.947 bits per heavy atom. The molecule has 0 spiro atoms. The fraction of sp³-hybridized carbons (Fsp3) is 0.222. The number of benzene rings is 2. The fourth-order valence-corrected chi connectivity index (χ4v) is 2.69. The zero-order chi connectivity index (χ0) is 13.2. The minimum Gasteiger partial charge on any atom is -0.378 e. The molecule has 0 aromatic heterocycles. The molecule has 19 heavy (non-hydrogen) atoms. The molecule has 1 heteroatoms. The molecular weight excluding hydrogens is 230 g/mol. The number of anilines is 1. The zero-order valence-electron chi connectivity index (χ0n) is 11.5. The van der Waals surface area contributed by atoms with Gasteiger partial charge in [-0.1, -0.05) is 48.6 Å². The van der Waals surface area contributed by atoms with Gasteiger partial charge < -0.3 is 4.90 Å². The number of hydrogen-bond donors (Lipinski definition) is 0. The van der Waals surface area contributed by atoms with E-state index < -0.39 is 0 Å². The Hall–Kier alpha value is -2.02. The second-order valence-electron chi connectivity index (χ2n) is 5.36. The van der Waals surface area contributed by atoms with Crippen molar-refractivity contribution in [1.82, 2.24) is 0 Å². The SMILES string of the molecule is CN(C)c1ccc(C[C@H]2C=Cc3ccccc32)cc1. The van der Waals surface area contributed by atoms with Gasteiger partial charge in [-0.05, 0) is 35.2 Å². The van der Waals surface area contributed by atoms with Gasteiger partial charge >= 0.3 is 0 Å². The normalized spacial score (nSPS) is 16.4. The second-order valence-corrected chi connectivity index (χ2v) is 5.36. The van der Waals surface area contributed by atoms with Crippen LogP contribution in [-0.4, -0.2) is 14.1 Å². The average Bonchev–Trinajstić information content (AvgIpc) is 2.83. The first-order chi connectivity index (χ1) is 9.24. The Labute approximate surface area is 115 Å². The van der Waals surface area contributed by atoms with Crippen LogP contribution in [0.2, 0.25) is 0 Å². The molecule has 1 atom stereocenters. The number of rotatable bonds is 3. The standard InChI is InChI=1S/C18H19N/c1-19(2)17-11-7-14(8-12-17)13-16-10-9-15-5-3-4-6-18(15)16/h3-12,16H,13H2,1-2H3/t16-/m1/s1. The summed E-state index contributed by atoms with van der Waals surface area (Å²) in [6.45, 7) is 0. The van der Waals surface area contributed by atoms with Gasteiger partial charge in [-0.2, -0.15) is 0 Å². The summed E-state index contributed by atoms with van der Waals surface area (Å²) in [5.41, 5.74) is 5.49. The Morgan fingerprint density at radius 3 is 2.42 bits per heavy atom. The van der Waals surface area contributed by atoms with Crippen LogP contribution in [0.4, 0.5) is 5.69 Å². The third-order valence-electron chi connectivity index (χ3n) is 3.81. The number of nitrogens with zero attached hydrogens (tertiary/aromatic N) is 1. The lowest BCUT2D eigenvalue weighted by Gasteiger charge is -2.14. The largest absolute Gasteiger partial charge is 0.378 e. The van der Waals surface area contributed by atoms with E-state index in [0.29, 0.717) is 5.92 Å². The molecule has 1 aliphatic rings. The summed E-state index contributed by atoms with van der Waals surface area (Å²) in [7, 11) is 4.15. The van der Waals surface area contributed by atoms with Gasteiger partial charge in [-0.25, -0.2) is 0 Å². The molecule has 3 rings (SSSR count). The highest BCUT2D eigenvalue weighted by Gasteiger charge is 2.16. The quantitative estimate of drug-likeness (QED) is 0.791. The Bertz CT molecular complexity index is 593. The van der Waals surface area contributed by atoms with Gasteiger partial charge in [-0.15, -0.1) is 0 Å². The van der Waals surface area contributed by atoms with E-state index in [1.807, 2.05) is 0 Å². The van der Waals surface area contributed by atoms with Crippen molar-refractivity contribution in [1.29, 1.82) is 0 Å². The lowest BCUT2D eigenvalue weighted by molar-refractivity contribution is 0.850. The first kappa shape index (κ1) is 12.0. The maximum absolute atomic E-state index is 2.32. The van der Waals surface area contributed by atoms with Crippen molar-refractivity contribution >= 4 is 11.8 Å². The van der Waals surface area contributed by atoms with Crippen LogP contribution in [0.15, 0.2) is 54.6 Å². The molecule has 2 aromatic carbocycles. The zero-order valence-corrected chi connectivity index (χ0v) is 11.5. The average molecular weight is 249 g/mol. The smallest absolute Gasteiger partial charge is 0.0361 e. The van der Waals surface area contributed by atoms with Crippen LogP contribution in [0.1, 0.15) is 22.6 Å². The van der Waals surface area contributed by atoms with Gasteiger partial charge in [0, 0.05) is 25.7 Å². The van der Waals surface area contributed by atoms with Crippen molar-refractivity contribution in [3.63, 3.8) is 0 Å². The van der Waals surface area contributed by atoms with Gasteiger partial charge in [0.1, 0.15) is 0 Å². The Kier molecular flexibility index (Phi) is 3.12. The predicted molar refractivity (Wildman–Crippen MR) is 82.7 cm³/mol. The minimum absolute atomic E-state index is 0.529. The third kappa shape index (κ3) is 2.41. The molecular formula is C18H19N. The van der Waals surface area contributed by atoms with Crippen LogP contribution >= 0.6 is 0 Å². The van der Waals surface area contributed by atoms with Crippen LogP contribution in [0.25, 0.3) is 6.08 Å². The molecule has 0 unspecified atom stereocenters. The first-order valence-corrected chi connectivity index (χ1v) is 6.77. The Morgan fingerprint density at radius 2 is 1.68 bits per heavy atom. The number of allylic oxidation sites excluding steroid dienone is 1. The van der Waals surface area contributed by atoms with E-state index in [0.717, 1.165) is 6.42 Å². The van der Waals surface area contributed by atoms with Crippen molar-refractivity contribution in [3.05, 3.63) is 71.3 Å². The van der Waals surface area contributed by atoms with Gasteiger partial charge in [0.05, 0.1) is 0 Å². The van der Waals surface area contributed by atoms with Crippen molar-refractivity contribution in [2.45, 2.75) is 12.3 Å². The molecule has 1 aliphatic carbocycles. The van der Waals surface area contributed by atoms with Crippen molar-refractivity contribution in [3.8, 4) is 0 Å². The van der Waals surface area contributed by atoms with E-state index in [-0.39, 0.29) is 0 Å². The maximum atomic E-state index is 2.32. The Balaban J connectivity index is 1.78. The molecule has 0 fully saturated rings. The molecule has 1 nitrogen and oxygen atoms in total. The van der Waals surface area contributed by atoms with Gasteiger partial charge in [0.2, 0.25) is 0 Å². The topological polar surface area (TPSA) is 3.24 Å². The first-order valence-electron chi connectivity index (χ1n) is 6.77. The van der Waals surface area contributed by atoms with E-state index in [9.17, 15) is 0 Å². The highest BCUT2D eigenvalue weighted by Crippen LogP contribution is 2.32. The fourth-order valence-electron chi connectivity index (χ4n) is 2.69. The molecule has 0 heterocycles. The monoisotopic (exact) mass is 249 g/mol.